The first-order valence-corrected chi connectivity index (χ1v) is 9.09. The lowest BCUT2D eigenvalue weighted by atomic mass is 9.98. The van der Waals surface area contributed by atoms with E-state index in [1.165, 1.54) is 0 Å². The van der Waals surface area contributed by atoms with Crippen LogP contribution in [0.1, 0.15) is 29.3 Å². The molecular weight excluding hydrogens is 351 g/mol. The van der Waals surface area contributed by atoms with Gasteiger partial charge in [-0.25, -0.2) is 4.98 Å². The van der Waals surface area contributed by atoms with Gasteiger partial charge in [-0.15, -0.1) is 11.3 Å². The summed E-state index contributed by atoms with van der Waals surface area (Å²) < 4.78 is 0. The largest absolute Gasteiger partial charge is 0.338 e. The van der Waals surface area contributed by atoms with E-state index in [4.69, 9.17) is 23.2 Å². The van der Waals surface area contributed by atoms with Crippen LogP contribution in [0.2, 0.25) is 10.0 Å². The normalized spacial score (nSPS) is 18.5. The molecule has 1 aromatic carbocycles. The van der Waals surface area contributed by atoms with Crippen molar-refractivity contribution < 1.29 is 4.79 Å². The van der Waals surface area contributed by atoms with Gasteiger partial charge in [0.2, 0.25) is 5.91 Å². The van der Waals surface area contributed by atoms with Crippen molar-refractivity contribution in [2.24, 2.45) is 0 Å². The summed E-state index contributed by atoms with van der Waals surface area (Å²) in [5.41, 5.74) is 0.678. The minimum absolute atomic E-state index is 0.0118. The Bertz CT molecular complexity index is 695. The third-order valence-corrected chi connectivity index (χ3v) is 5.52. The van der Waals surface area contributed by atoms with Crippen LogP contribution in [-0.2, 0) is 4.79 Å². The van der Waals surface area contributed by atoms with Gasteiger partial charge < -0.3 is 4.90 Å². The molecule has 0 saturated carbocycles. The first-order chi connectivity index (χ1) is 11.1. The molecule has 1 aliphatic rings. The topological polar surface area (TPSA) is 33.2 Å². The van der Waals surface area contributed by atoms with Crippen molar-refractivity contribution in [3.05, 3.63) is 56.5 Å². The molecule has 0 radical (unpaired) electrons. The average molecular weight is 367 g/mol. The zero-order valence-corrected chi connectivity index (χ0v) is 14.7. The molecule has 1 aliphatic heterocycles. The van der Waals surface area contributed by atoms with Crippen LogP contribution in [0.15, 0.2) is 35.9 Å². The fourth-order valence-electron chi connectivity index (χ4n) is 2.74. The van der Waals surface area contributed by atoms with E-state index in [1.54, 1.807) is 41.7 Å². The van der Waals surface area contributed by atoms with E-state index in [2.05, 4.69) is 4.98 Å². The van der Waals surface area contributed by atoms with Crippen molar-refractivity contribution in [2.45, 2.75) is 18.8 Å². The third kappa shape index (κ3) is 3.94. The number of nitrogens with zero attached hydrogens (tertiary/aromatic N) is 2. The molecule has 1 fully saturated rings. The highest BCUT2D eigenvalue weighted by Gasteiger charge is 2.25. The summed E-state index contributed by atoms with van der Waals surface area (Å²) in [6.45, 7) is 1.49. The number of hydrogen-bond donors (Lipinski definition) is 0. The Labute approximate surface area is 149 Å². The van der Waals surface area contributed by atoms with E-state index >= 15 is 0 Å². The minimum atomic E-state index is -0.0118. The Morgan fingerprint density at radius 1 is 1.35 bits per heavy atom. The molecule has 1 saturated heterocycles. The second-order valence-corrected chi connectivity index (χ2v) is 7.20. The van der Waals surface area contributed by atoms with E-state index in [-0.39, 0.29) is 5.91 Å². The van der Waals surface area contributed by atoms with Gasteiger partial charge in [0.15, 0.2) is 0 Å². The van der Waals surface area contributed by atoms with Crippen LogP contribution in [0.4, 0.5) is 0 Å². The quantitative estimate of drug-likeness (QED) is 0.726. The molecule has 1 aromatic heterocycles. The van der Waals surface area contributed by atoms with E-state index in [1.807, 2.05) is 16.5 Å². The SMILES string of the molecule is O=C(/C=C/c1c(Cl)cccc1Cl)N1CCCC(c2nccs2)C1. The summed E-state index contributed by atoms with van der Waals surface area (Å²) in [5, 5.41) is 4.18. The zero-order chi connectivity index (χ0) is 16.2. The number of carbonyl (C=O) groups excluding carboxylic acids is 1. The van der Waals surface area contributed by atoms with Gasteiger partial charge in [0, 0.05) is 52.3 Å². The highest BCUT2D eigenvalue weighted by molar-refractivity contribution is 7.09. The van der Waals surface area contributed by atoms with Crippen LogP contribution in [0.3, 0.4) is 0 Å². The Hall–Kier alpha value is -1.36. The summed E-state index contributed by atoms with van der Waals surface area (Å²) in [6, 6.07) is 5.31. The predicted octanol–water partition coefficient (Wildman–Crippen LogP) is 4.87. The van der Waals surface area contributed by atoms with Crippen molar-refractivity contribution in [3.8, 4) is 0 Å². The number of piperidine rings is 1. The summed E-state index contributed by atoms with van der Waals surface area (Å²) in [4.78, 5) is 18.7. The number of aromatic nitrogens is 1. The van der Waals surface area contributed by atoms with Gasteiger partial charge in [-0.3, -0.25) is 4.79 Å². The lowest BCUT2D eigenvalue weighted by molar-refractivity contribution is -0.127. The van der Waals surface area contributed by atoms with Gasteiger partial charge in [-0.05, 0) is 31.1 Å². The van der Waals surface area contributed by atoms with Gasteiger partial charge in [0.25, 0.3) is 0 Å². The molecule has 2 heterocycles. The van der Waals surface area contributed by atoms with Crippen LogP contribution in [0.5, 0.6) is 0 Å². The molecule has 3 rings (SSSR count). The first-order valence-electron chi connectivity index (χ1n) is 7.45. The number of thiazole rings is 1. The fourth-order valence-corrected chi connectivity index (χ4v) is 4.04. The maximum absolute atomic E-state index is 12.4. The Balaban J connectivity index is 1.69. The van der Waals surface area contributed by atoms with Crippen LogP contribution in [0.25, 0.3) is 6.08 Å². The van der Waals surface area contributed by atoms with Crippen LogP contribution >= 0.6 is 34.5 Å². The van der Waals surface area contributed by atoms with Gasteiger partial charge in [-0.1, -0.05) is 29.3 Å². The van der Waals surface area contributed by atoms with Gasteiger partial charge in [-0.2, -0.15) is 0 Å². The highest BCUT2D eigenvalue weighted by atomic mass is 35.5. The van der Waals surface area contributed by atoms with Gasteiger partial charge in [0.05, 0.1) is 5.01 Å². The van der Waals surface area contributed by atoms with Crippen molar-refractivity contribution in [3.63, 3.8) is 0 Å². The Morgan fingerprint density at radius 2 is 2.13 bits per heavy atom. The van der Waals surface area contributed by atoms with Crippen molar-refractivity contribution in [1.29, 1.82) is 0 Å². The number of rotatable bonds is 3. The summed E-state index contributed by atoms with van der Waals surface area (Å²) in [5.74, 6) is 0.326. The van der Waals surface area contributed by atoms with Crippen LogP contribution in [0, 0.1) is 0 Å². The van der Waals surface area contributed by atoms with E-state index in [9.17, 15) is 4.79 Å². The zero-order valence-electron chi connectivity index (χ0n) is 12.4. The van der Waals surface area contributed by atoms with E-state index in [0.717, 1.165) is 24.4 Å². The smallest absolute Gasteiger partial charge is 0.246 e. The summed E-state index contributed by atoms with van der Waals surface area (Å²) >= 11 is 13.9. The van der Waals surface area contributed by atoms with E-state index in [0.29, 0.717) is 28.1 Å². The van der Waals surface area contributed by atoms with Gasteiger partial charge >= 0.3 is 0 Å². The molecular formula is C17H16Cl2N2OS. The molecule has 0 aliphatic carbocycles. The number of amides is 1. The molecule has 6 heteroatoms. The van der Waals surface area contributed by atoms with Crippen molar-refractivity contribution >= 4 is 46.5 Å². The minimum Gasteiger partial charge on any atom is -0.338 e. The second kappa shape index (κ2) is 7.47. The number of benzene rings is 1. The molecule has 1 unspecified atom stereocenters. The predicted molar refractivity (Wildman–Crippen MR) is 96.2 cm³/mol. The van der Waals surface area contributed by atoms with Crippen LogP contribution in [-0.4, -0.2) is 28.9 Å². The monoisotopic (exact) mass is 366 g/mol. The molecule has 120 valence electrons. The number of hydrogen-bond acceptors (Lipinski definition) is 3. The van der Waals surface area contributed by atoms with Crippen molar-refractivity contribution in [2.75, 3.05) is 13.1 Å². The molecule has 0 N–H and O–H groups in total. The lowest BCUT2D eigenvalue weighted by Gasteiger charge is -2.31. The molecule has 2 aromatic rings. The highest BCUT2D eigenvalue weighted by Crippen LogP contribution is 2.29. The molecule has 0 spiro atoms. The lowest BCUT2D eigenvalue weighted by Crippen LogP contribution is -2.38. The van der Waals surface area contributed by atoms with Crippen molar-refractivity contribution in [1.82, 2.24) is 9.88 Å². The molecule has 1 amide bonds. The van der Waals surface area contributed by atoms with E-state index < -0.39 is 0 Å². The second-order valence-electron chi connectivity index (χ2n) is 5.46. The van der Waals surface area contributed by atoms with Crippen LogP contribution < -0.4 is 0 Å². The Morgan fingerprint density at radius 3 is 2.83 bits per heavy atom. The number of likely N-dealkylation sites (tertiary alicyclic amines) is 1. The first kappa shape index (κ1) is 16.5. The van der Waals surface area contributed by atoms with Gasteiger partial charge in [0.1, 0.15) is 0 Å². The summed E-state index contributed by atoms with van der Waals surface area (Å²) in [7, 11) is 0. The average Bonchev–Trinajstić information content (AvgIpc) is 3.09. The summed E-state index contributed by atoms with van der Waals surface area (Å²) in [6.07, 6.45) is 7.14. The molecule has 3 nitrogen and oxygen atoms in total. The number of halogens is 2. The Kier molecular flexibility index (Phi) is 5.36. The third-order valence-electron chi connectivity index (χ3n) is 3.93. The molecule has 1 atom stereocenters. The fraction of sp³-hybridized carbons (Fsp3) is 0.294. The molecule has 23 heavy (non-hydrogen) atoms. The maximum atomic E-state index is 12.4. The number of carbonyl (C=O) groups is 1. The molecule has 0 bridgehead atoms. The standard InChI is InChI=1S/C17H16Cl2N2OS/c18-14-4-1-5-15(19)13(14)6-7-16(22)21-9-2-3-12(11-21)17-20-8-10-23-17/h1,4-8,10,12H,2-3,9,11H2/b7-6+. The maximum Gasteiger partial charge on any atom is 0.246 e.